The van der Waals surface area contributed by atoms with Crippen molar-refractivity contribution in [3.63, 3.8) is 0 Å². The van der Waals surface area contributed by atoms with E-state index < -0.39 is 5.82 Å². The Kier molecular flexibility index (Phi) is 5.26. The molecule has 0 atom stereocenters. The third-order valence-corrected chi connectivity index (χ3v) is 3.69. The third-order valence-electron chi connectivity index (χ3n) is 2.79. The lowest BCUT2D eigenvalue weighted by Crippen LogP contribution is -2.00. The normalized spacial score (nSPS) is 10.4. The van der Waals surface area contributed by atoms with Crippen LogP contribution in [0.25, 0.3) is 0 Å². The Morgan fingerprint density at radius 1 is 1.25 bits per heavy atom. The zero-order valence-electron chi connectivity index (χ0n) is 10.8. The Hall–Kier alpha value is -1.26. The monoisotopic (exact) mass is 358 g/mol. The molecular weight excluding hydrogens is 347 g/mol. The molecule has 0 aliphatic rings. The zero-order valence-corrected chi connectivity index (χ0v) is 13.2. The van der Waals surface area contributed by atoms with Gasteiger partial charge in [0, 0.05) is 10.9 Å². The van der Waals surface area contributed by atoms with E-state index in [0.29, 0.717) is 21.7 Å². The first-order valence-corrected chi connectivity index (χ1v) is 7.44. The second kappa shape index (κ2) is 6.95. The highest BCUT2D eigenvalue weighted by atomic mass is 79.9. The van der Waals surface area contributed by atoms with Crippen LogP contribution in [0.15, 0.2) is 36.4 Å². The molecule has 0 radical (unpaired) electrons. The van der Waals surface area contributed by atoms with Gasteiger partial charge in [-0.25, -0.2) is 4.39 Å². The van der Waals surface area contributed by atoms with E-state index in [0.717, 1.165) is 5.56 Å². The van der Waals surface area contributed by atoms with Gasteiger partial charge in [-0.3, -0.25) is 0 Å². The van der Waals surface area contributed by atoms with Gasteiger partial charge in [-0.15, -0.1) is 0 Å². The molecule has 5 heteroatoms. The van der Waals surface area contributed by atoms with E-state index in [9.17, 15) is 4.39 Å². The van der Waals surface area contributed by atoms with Gasteiger partial charge >= 0.3 is 0 Å². The van der Waals surface area contributed by atoms with Gasteiger partial charge < -0.3 is 9.47 Å². The second-order valence-corrected chi connectivity index (χ2v) is 5.09. The molecule has 2 rings (SSSR count). The molecule has 20 heavy (non-hydrogen) atoms. The van der Waals surface area contributed by atoms with E-state index in [2.05, 4.69) is 15.9 Å². The fourth-order valence-electron chi connectivity index (χ4n) is 1.78. The summed E-state index contributed by atoms with van der Waals surface area (Å²) in [7, 11) is 1.43. The van der Waals surface area contributed by atoms with E-state index in [1.165, 1.54) is 13.2 Å². The fourth-order valence-corrected chi connectivity index (χ4v) is 2.47. The Morgan fingerprint density at radius 2 is 2.05 bits per heavy atom. The van der Waals surface area contributed by atoms with Gasteiger partial charge in [0.15, 0.2) is 11.6 Å². The van der Waals surface area contributed by atoms with Crippen LogP contribution < -0.4 is 9.47 Å². The van der Waals surface area contributed by atoms with Crippen molar-refractivity contribution in [2.75, 3.05) is 7.11 Å². The van der Waals surface area contributed by atoms with Crippen LogP contribution in [0.4, 0.5) is 4.39 Å². The number of para-hydroxylation sites is 1. The number of rotatable bonds is 5. The lowest BCUT2D eigenvalue weighted by atomic mass is 10.2. The summed E-state index contributed by atoms with van der Waals surface area (Å²) in [6.45, 7) is 0.241. The van der Waals surface area contributed by atoms with Crippen molar-refractivity contribution < 1.29 is 13.9 Å². The van der Waals surface area contributed by atoms with E-state index in [1.807, 2.05) is 12.1 Å². The highest BCUT2D eigenvalue weighted by Crippen LogP contribution is 2.31. The third kappa shape index (κ3) is 3.44. The van der Waals surface area contributed by atoms with Gasteiger partial charge in [0.25, 0.3) is 0 Å². The van der Waals surface area contributed by atoms with Crippen molar-refractivity contribution in [1.29, 1.82) is 0 Å². The van der Waals surface area contributed by atoms with Crippen molar-refractivity contribution in [2.45, 2.75) is 11.9 Å². The van der Waals surface area contributed by atoms with E-state index in [4.69, 9.17) is 21.1 Å². The van der Waals surface area contributed by atoms with Gasteiger partial charge in [0.1, 0.15) is 12.4 Å². The minimum absolute atomic E-state index is 0.215. The van der Waals surface area contributed by atoms with Gasteiger partial charge in [-0.2, -0.15) is 0 Å². The summed E-state index contributed by atoms with van der Waals surface area (Å²) in [6.07, 6.45) is 0. The first-order chi connectivity index (χ1) is 9.65. The maximum atomic E-state index is 13.6. The molecule has 0 saturated heterocycles. The van der Waals surface area contributed by atoms with Crippen molar-refractivity contribution >= 4 is 27.5 Å². The molecule has 0 N–H and O–H groups in total. The molecule has 0 spiro atoms. The van der Waals surface area contributed by atoms with Gasteiger partial charge in [0.2, 0.25) is 0 Å². The molecule has 0 amide bonds. The van der Waals surface area contributed by atoms with Crippen molar-refractivity contribution in [3.05, 3.63) is 58.4 Å². The molecule has 106 valence electrons. The van der Waals surface area contributed by atoms with E-state index in [-0.39, 0.29) is 12.4 Å². The molecule has 2 nitrogen and oxygen atoms in total. The van der Waals surface area contributed by atoms with Crippen LogP contribution in [0.3, 0.4) is 0 Å². The molecular formula is C15H13BrClFO2. The van der Waals surface area contributed by atoms with E-state index >= 15 is 0 Å². The van der Waals surface area contributed by atoms with E-state index in [1.54, 1.807) is 18.2 Å². The number of halogens is 3. The van der Waals surface area contributed by atoms with Gasteiger partial charge in [-0.1, -0.05) is 45.7 Å². The molecule has 0 aliphatic carbocycles. The maximum absolute atomic E-state index is 13.6. The lowest BCUT2D eigenvalue weighted by Gasteiger charge is -2.12. The fraction of sp³-hybridized carbons (Fsp3) is 0.200. The van der Waals surface area contributed by atoms with Crippen LogP contribution in [0.1, 0.15) is 11.1 Å². The Labute approximate surface area is 130 Å². The second-order valence-electron chi connectivity index (χ2n) is 4.12. The number of methoxy groups -OCH3 is 1. The SMILES string of the molecule is COc1ccc(COc2c(Cl)cccc2CBr)cc1F. The molecule has 2 aromatic rings. The molecule has 0 aliphatic heterocycles. The molecule has 0 heterocycles. The van der Waals surface area contributed by atoms with Crippen molar-refractivity contribution in [1.82, 2.24) is 0 Å². The highest BCUT2D eigenvalue weighted by molar-refractivity contribution is 9.08. The number of hydrogen-bond acceptors (Lipinski definition) is 2. The van der Waals surface area contributed by atoms with Crippen LogP contribution in [-0.4, -0.2) is 7.11 Å². The quantitative estimate of drug-likeness (QED) is 0.702. The van der Waals surface area contributed by atoms with Crippen LogP contribution >= 0.6 is 27.5 Å². The summed E-state index contributed by atoms with van der Waals surface area (Å²) in [5.41, 5.74) is 1.66. The topological polar surface area (TPSA) is 18.5 Å². The summed E-state index contributed by atoms with van der Waals surface area (Å²) < 4.78 is 24.2. The first-order valence-electron chi connectivity index (χ1n) is 5.94. The average molecular weight is 360 g/mol. The van der Waals surface area contributed by atoms with Crippen LogP contribution in [0, 0.1) is 5.82 Å². The molecule has 2 aromatic carbocycles. The first kappa shape index (κ1) is 15.1. The summed E-state index contributed by atoms with van der Waals surface area (Å²) in [5.74, 6) is 0.420. The summed E-state index contributed by atoms with van der Waals surface area (Å²) >= 11 is 9.50. The Bertz CT molecular complexity index is 604. The number of hydrogen-bond donors (Lipinski definition) is 0. The number of benzene rings is 2. The Balaban J connectivity index is 2.15. The molecule has 0 fully saturated rings. The predicted octanol–water partition coefficient (Wildman–Crippen LogP) is 4.96. The van der Waals surface area contributed by atoms with Gasteiger partial charge in [0.05, 0.1) is 12.1 Å². The average Bonchev–Trinajstić information content (AvgIpc) is 2.46. The minimum Gasteiger partial charge on any atom is -0.494 e. The zero-order chi connectivity index (χ0) is 14.5. The molecule has 0 saturated carbocycles. The molecule has 0 bridgehead atoms. The Morgan fingerprint density at radius 3 is 2.70 bits per heavy atom. The van der Waals surface area contributed by atoms with Gasteiger partial charge in [-0.05, 0) is 23.8 Å². The largest absolute Gasteiger partial charge is 0.494 e. The van der Waals surface area contributed by atoms with Crippen LogP contribution in [0.2, 0.25) is 5.02 Å². The van der Waals surface area contributed by atoms with Crippen LogP contribution in [-0.2, 0) is 11.9 Å². The number of alkyl halides is 1. The molecule has 0 aromatic heterocycles. The van der Waals surface area contributed by atoms with Crippen molar-refractivity contribution in [2.24, 2.45) is 0 Å². The number of ether oxygens (including phenoxy) is 2. The summed E-state index contributed by atoms with van der Waals surface area (Å²) in [5, 5.41) is 1.18. The summed E-state index contributed by atoms with van der Waals surface area (Å²) in [6, 6.07) is 10.3. The maximum Gasteiger partial charge on any atom is 0.165 e. The lowest BCUT2D eigenvalue weighted by molar-refractivity contribution is 0.302. The minimum atomic E-state index is -0.409. The highest BCUT2D eigenvalue weighted by Gasteiger charge is 2.09. The van der Waals surface area contributed by atoms with Crippen LogP contribution in [0.5, 0.6) is 11.5 Å². The standard InChI is InChI=1S/C15H13BrClFO2/c1-19-14-6-5-10(7-13(14)18)9-20-15-11(8-16)3-2-4-12(15)17/h2-7H,8-9H2,1H3. The van der Waals surface area contributed by atoms with Crippen molar-refractivity contribution in [3.8, 4) is 11.5 Å². The predicted molar refractivity (Wildman–Crippen MR) is 81.4 cm³/mol. The smallest absolute Gasteiger partial charge is 0.165 e. The summed E-state index contributed by atoms with van der Waals surface area (Å²) in [4.78, 5) is 0. The molecule has 0 unspecified atom stereocenters.